The topological polar surface area (TPSA) is 79.8 Å². The van der Waals surface area contributed by atoms with Gasteiger partial charge in [-0.05, 0) is 42.0 Å². The van der Waals surface area contributed by atoms with E-state index in [1.807, 2.05) is 0 Å². The second kappa shape index (κ2) is 8.69. The molecule has 0 aliphatic heterocycles. The summed E-state index contributed by atoms with van der Waals surface area (Å²) in [4.78, 5) is 23.6. The summed E-state index contributed by atoms with van der Waals surface area (Å²) in [7, 11) is 1.58. The zero-order valence-corrected chi connectivity index (χ0v) is 13.7. The lowest BCUT2D eigenvalue weighted by Crippen LogP contribution is -2.35. The highest BCUT2D eigenvalue weighted by atomic mass is 35.5. The van der Waals surface area contributed by atoms with Crippen LogP contribution >= 0.6 is 11.6 Å². The van der Waals surface area contributed by atoms with Crippen molar-refractivity contribution in [2.75, 3.05) is 13.7 Å². The number of nitrogens with one attached hydrogen (secondary N) is 2. The van der Waals surface area contributed by atoms with Crippen molar-refractivity contribution in [3.05, 3.63) is 64.7 Å². The first kappa shape index (κ1) is 17.5. The molecule has 0 atom stereocenters. The summed E-state index contributed by atoms with van der Waals surface area (Å²) >= 11 is 5.91. The Morgan fingerprint density at radius 3 is 2.54 bits per heavy atom. The van der Waals surface area contributed by atoms with E-state index in [1.165, 1.54) is 6.21 Å². The van der Waals surface area contributed by atoms with Gasteiger partial charge in [-0.1, -0.05) is 23.7 Å². The summed E-state index contributed by atoms with van der Waals surface area (Å²) in [6.45, 7) is -0.204. The highest BCUT2D eigenvalue weighted by molar-refractivity contribution is 6.33. The monoisotopic (exact) mass is 345 g/mol. The number of nitrogens with zero attached hydrogens (tertiary/aromatic N) is 1. The second-order valence-electron chi connectivity index (χ2n) is 4.73. The minimum atomic E-state index is -0.444. The van der Waals surface area contributed by atoms with Gasteiger partial charge in [0.05, 0.1) is 30.5 Å². The summed E-state index contributed by atoms with van der Waals surface area (Å²) < 4.78 is 5.05. The van der Waals surface area contributed by atoms with Crippen LogP contribution in [0.5, 0.6) is 5.75 Å². The number of rotatable bonds is 6. The zero-order valence-electron chi connectivity index (χ0n) is 13.0. The molecule has 0 saturated carbocycles. The third-order valence-electron chi connectivity index (χ3n) is 3.05. The Morgan fingerprint density at radius 1 is 1.17 bits per heavy atom. The molecule has 0 heterocycles. The maximum atomic E-state index is 11.9. The Morgan fingerprint density at radius 2 is 1.88 bits per heavy atom. The molecule has 0 unspecified atom stereocenters. The number of carbonyl (C=O) groups excluding carboxylic acids is 2. The zero-order chi connectivity index (χ0) is 17.4. The molecule has 2 rings (SSSR count). The van der Waals surface area contributed by atoms with E-state index in [2.05, 4.69) is 15.8 Å². The van der Waals surface area contributed by atoms with Crippen LogP contribution in [0.1, 0.15) is 15.9 Å². The molecule has 2 aromatic carbocycles. The molecule has 2 aromatic rings. The van der Waals surface area contributed by atoms with Crippen molar-refractivity contribution in [1.82, 2.24) is 10.7 Å². The highest BCUT2D eigenvalue weighted by Crippen LogP contribution is 2.14. The highest BCUT2D eigenvalue weighted by Gasteiger charge is 2.10. The lowest BCUT2D eigenvalue weighted by molar-refractivity contribution is -0.120. The van der Waals surface area contributed by atoms with Crippen LogP contribution in [0.3, 0.4) is 0 Å². The van der Waals surface area contributed by atoms with Crippen LogP contribution in [-0.2, 0) is 4.79 Å². The average molecular weight is 346 g/mol. The van der Waals surface area contributed by atoms with Gasteiger partial charge in [-0.2, -0.15) is 5.10 Å². The van der Waals surface area contributed by atoms with E-state index >= 15 is 0 Å². The predicted molar refractivity (Wildman–Crippen MR) is 92.5 cm³/mol. The van der Waals surface area contributed by atoms with Crippen molar-refractivity contribution >= 4 is 29.6 Å². The molecule has 0 fully saturated rings. The van der Waals surface area contributed by atoms with Gasteiger partial charge in [0, 0.05) is 0 Å². The van der Waals surface area contributed by atoms with Crippen molar-refractivity contribution in [1.29, 1.82) is 0 Å². The minimum Gasteiger partial charge on any atom is -0.497 e. The molecule has 0 spiro atoms. The smallest absolute Gasteiger partial charge is 0.259 e. The van der Waals surface area contributed by atoms with E-state index in [9.17, 15) is 9.59 Å². The minimum absolute atomic E-state index is 0.204. The summed E-state index contributed by atoms with van der Waals surface area (Å²) in [5, 5.41) is 6.63. The molecule has 7 heteroatoms. The Labute approximate surface area is 144 Å². The summed E-state index contributed by atoms with van der Waals surface area (Å²) in [6, 6.07) is 13.8. The fourth-order valence-corrected chi connectivity index (χ4v) is 2.03. The quantitative estimate of drug-likeness (QED) is 0.622. The van der Waals surface area contributed by atoms with Gasteiger partial charge in [0.2, 0.25) is 0 Å². The number of carbonyl (C=O) groups is 2. The van der Waals surface area contributed by atoms with Crippen LogP contribution in [0.15, 0.2) is 53.6 Å². The van der Waals surface area contributed by atoms with Gasteiger partial charge < -0.3 is 10.1 Å². The molecule has 0 bridgehead atoms. The van der Waals surface area contributed by atoms with Crippen LogP contribution in [-0.4, -0.2) is 31.7 Å². The van der Waals surface area contributed by atoms with Gasteiger partial charge in [-0.15, -0.1) is 0 Å². The van der Waals surface area contributed by atoms with Gasteiger partial charge in [-0.25, -0.2) is 5.43 Å². The number of ether oxygens (including phenoxy) is 1. The van der Waals surface area contributed by atoms with Crippen molar-refractivity contribution in [2.24, 2.45) is 5.10 Å². The molecule has 0 aromatic heterocycles. The van der Waals surface area contributed by atoms with Crippen LogP contribution in [0.2, 0.25) is 5.02 Å². The van der Waals surface area contributed by atoms with E-state index in [0.717, 1.165) is 11.3 Å². The first-order valence-electron chi connectivity index (χ1n) is 7.09. The largest absolute Gasteiger partial charge is 0.497 e. The maximum absolute atomic E-state index is 11.9. The lowest BCUT2D eigenvalue weighted by atomic mass is 10.2. The van der Waals surface area contributed by atoms with Gasteiger partial charge >= 0.3 is 0 Å². The molecule has 0 aliphatic carbocycles. The molecule has 0 radical (unpaired) electrons. The number of hydrogen-bond acceptors (Lipinski definition) is 4. The average Bonchev–Trinajstić information content (AvgIpc) is 2.60. The maximum Gasteiger partial charge on any atom is 0.259 e. The van der Waals surface area contributed by atoms with E-state index in [-0.39, 0.29) is 6.54 Å². The first-order chi connectivity index (χ1) is 11.6. The molecule has 0 aliphatic rings. The second-order valence-corrected chi connectivity index (χ2v) is 5.14. The molecule has 0 saturated heterocycles. The summed E-state index contributed by atoms with van der Waals surface area (Å²) in [5.41, 5.74) is 3.45. The third kappa shape index (κ3) is 5.10. The Kier molecular flexibility index (Phi) is 6.33. The van der Waals surface area contributed by atoms with Crippen molar-refractivity contribution in [3.8, 4) is 5.75 Å². The normalized spacial score (nSPS) is 10.4. The fraction of sp³-hybridized carbons (Fsp3) is 0.118. The number of halogens is 1. The van der Waals surface area contributed by atoms with Crippen LogP contribution < -0.4 is 15.5 Å². The number of hydrazone groups is 1. The van der Waals surface area contributed by atoms with Gasteiger partial charge in [-0.3, -0.25) is 9.59 Å². The van der Waals surface area contributed by atoms with Gasteiger partial charge in [0.25, 0.3) is 11.8 Å². The number of benzene rings is 2. The standard InChI is InChI=1S/C17H16ClN3O3/c1-24-13-8-6-12(7-9-13)10-20-21-16(22)11-19-17(23)14-4-2-3-5-15(14)18/h2-10H,11H2,1H3,(H,19,23)(H,21,22)/b20-10-. The third-order valence-corrected chi connectivity index (χ3v) is 3.38. The summed E-state index contributed by atoms with van der Waals surface area (Å²) in [5.74, 6) is -0.131. The van der Waals surface area contributed by atoms with Crippen molar-refractivity contribution in [2.45, 2.75) is 0 Å². The molecular weight excluding hydrogens is 330 g/mol. The SMILES string of the molecule is COc1ccc(/C=N\NC(=O)CNC(=O)c2ccccc2Cl)cc1. The van der Waals surface area contributed by atoms with Crippen LogP contribution in [0.25, 0.3) is 0 Å². The van der Waals surface area contributed by atoms with Crippen molar-refractivity contribution < 1.29 is 14.3 Å². The molecule has 24 heavy (non-hydrogen) atoms. The number of amides is 2. The Bertz CT molecular complexity index is 745. The van der Waals surface area contributed by atoms with E-state index in [1.54, 1.807) is 55.6 Å². The summed E-state index contributed by atoms with van der Waals surface area (Å²) in [6.07, 6.45) is 1.49. The molecule has 2 N–H and O–H groups in total. The fourth-order valence-electron chi connectivity index (χ4n) is 1.81. The van der Waals surface area contributed by atoms with Crippen LogP contribution in [0.4, 0.5) is 0 Å². The Hall–Kier alpha value is -2.86. The molecular formula is C17H16ClN3O3. The number of methoxy groups -OCH3 is 1. The lowest BCUT2D eigenvalue weighted by Gasteiger charge is -2.05. The number of hydrogen-bond donors (Lipinski definition) is 2. The molecule has 6 nitrogen and oxygen atoms in total. The van der Waals surface area contributed by atoms with Gasteiger partial charge in [0.1, 0.15) is 5.75 Å². The Balaban J connectivity index is 1.79. The van der Waals surface area contributed by atoms with Crippen molar-refractivity contribution in [3.63, 3.8) is 0 Å². The van der Waals surface area contributed by atoms with E-state index in [4.69, 9.17) is 16.3 Å². The van der Waals surface area contributed by atoms with Crippen LogP contribution in [0, 0.1) is 0 Å². The first-order valence-corrected chi connectivity index (χ1v) is 7.46. The predicted octanol–water partition coefficient (Wildman–Crippen LogP) is 2.23. The van der Waals surface area contributed by atoms with E-state index in [0.29, 0.717) is 10.6 Å². The molecule has 2 amide bonds. The van der Waals surface area contributed by atoms with Gasteiger partial charge in [0.15, 0.2) is 0 Å². The van der Waals surface area contributed by atoms with E-state index < -0.39 is 11.8 Å². The molecule has 124 valence electrons.